The Morgan fingerprint density at radius 2 is 1.86 bits per heavy atom. The summed E-state index contributed by atoms with van der Waals surface area (Å²) < 4.78 is 45.6. The van der Waals surface area contributed by atoms with Crippen LogP contribution in [0.2, 0.25) is 0 Å². The number of anilines is 1. The molecule has 0 unspecified atom stereocenters. The first-order valence-corrected chi connectivity index (χ1v) is 8.41. The fourth-order valence-electron chi connectivity index (χ4n) is 1.64. The maximum absolute atomic E-state index is 13.4. The van der Waals surface area contributed by atoms with Gasteiger partial charge in [-0.05, 0) is 65.3 Å². The molecule has 2 aromatic carbocycles. The van der Waals surface area contributed by atoms with Crippen molar-refractivity contribution in [2.45, 2.75) is 11.8 Å². The zero-order chi connectivity index (χ0) is 15.5. The molecule has 0 saturated heterocycles. The van der Waals surface area contributed by atoms with Gasteiger partial charge in [0.2, 0.25) is 0 Å². The maximum Gasteiger partial charge on any atom is 0.261 e. The standard InChI is InChI=1S/C14H13BrFNO3S/c1-2-20-11-5-3-10(4-6-11)17-21(18,19)12-7-8-13(15)14(16)9-12/h3-9,17H,2H2,1H3. The number of rotatable bonds is 5. The monoisotopic (exact) mass is 373 g/mol. The minimum atomic E-state index is -3.83. The molecule has 2 aromatic rings. The van der Waals surface area contributed by atoms with E-state index in [0.29, 0.717) is 18.0 Å². The maximum atomic E-state index is 13.4. The molecule has 112 valence electrons. The van der Waals surface area contributed by atoms with Crippen LogP contribution in [0.25, 0.3) is 0 Å². The minimum absolute atomic E-state index is 0.142. The topological polar surface area (TPSA) is 55.4 Å². The van der Waals surface area contributed by atoms with Gasteiger partial charge in [-0.3, -0.25) is 4.72 Å². The fraction of sp³-hybridized carbons (Fsp3) is 0.143. The van der Waals surface area contributed by atoms with E-state index in [1.54, 1.807) is 24.3 Å². The van der Waals surface area contributed by atoms with E-state index in [9.17, 15) is 12.8 Å². The Hall–Kier alpha value is -1.60. The number of hydrogen-bond acceptors (Lipinski definition) is 3. The Labute approximate surface area is 131 Å². The molecule has 21 heavy (non-hydrogen) atoms. The van der Waals surface area contributed by atoms with Gasteiger partial charge in [0.1, 0.15) is 11.6 Å². The van der Waals surface area contributed by atoms with Gasteiger partial charge in [0.15, 0.2) is 0 Å². The summed E-state index contributed by atoms with van der Waals surface area (Å²) in [5, 5.41) is 0. The van der Waals surface area contributed by atoms with Crippen molar-refractivity contribution in [1.29, 1.82) is 0 Å². The van der Waals surface area contributed by atoms with Gasteiger partial charge in [0.05, 0.1) is 16.0 Å². The van der Waals surface area contributed by atoms with Crippen LogP contribution in [0.15, 0.2) is 51.8 Å². The molecule has 0 heterocycles. The predicted octanol–water partition coefficient (Wildman–Crippen LogP) is 3.79. The predicted molar refractivity (Wildman–Crippen MR) is 82.5 cm³/mol. The van der Waals surface area contributed by atoms with E-state index in [1.807, 2.05) is 6.92 Å². The van der Waals surface area contributed by atoms with Gasteiger partial charge in [-0.2, -0.15) is 0 Å². The third kappa shape index (κ3) is 3.95. The second-order valence-corrected chi connectivity index (χ2v) is 6.68. The molecule has 7 heteroatoms. The van der Waals surface area contributed by atoms with Crippen LogP contribution in [0.5, 0.6) is 5.75 Å². The summed E-state index contributed by atoms with van der Waals surface area (Å²) in [5.74, 6) is 0.0136. The normalized spacial score (nSPS) is 11.2. The smallest absolute Gasteiger partial charge is 0.261 e. The number of ether oxygens (including phenoxy) is 1. The molecule has 0 radical (unpaired) electrons. The first kappa shape index (κ1) is 15.8. The molecule has 0 saturated carbocycles. The number of nitrogens with one attached hydrogen (secondary N) is 1. The number of sulfonamides is 1. The van der Waals surface area contributed by atoms with Crippen LogP contribution in [0, 0.1) is 5.82 Å². The quantitative estimate of drug-likeness (QED) is 0.867. The first-order chi connectivity index (χ1) is 9.92. The Morgan fingerprint density at radius 3 is 2.43 bits per heavy atom. The van der Waals surface area contributed by atoms with Gasteiger partial charge in [-0.15, -0.1) is 0 Å². The molecular weight excluding hydrogens is 361 g/mol. The Balaban J connectivity index is 2.22. The molecule has 4 nitrogen and oxygen atoms in total. The van der Waals surface area contributed by atoms with Crippen LogP contribution < -0.4 is 9.46 Å². The lowest BCUT2D eigenvalue weighted by Gasteiger charge is -2.09. The Bertz CT molecular complexity index is 732. The van der Waals surface area contributed by atoms with Gasteiger partial charge in [-0.1, -0.05) is 0 Å². The van der Waals surface area contributed by atoms with Crippen LogP contribution in [0.1, 0.15) is 6.92 Å². The lowest BCUT2D eigenvalue weighted by atomic mass is 10.3. The van der Waals surface area contributed by atoms with E-state index in [0.717, 1.165) is 6.07 Å². The van der Waals surface area contributed by atoms with Gasteiger partial charge in [0, 0.05) is 5.69 Å². The highest BCUT2D eigenvalue weighted by Gasteiger charge is 2.16. The molecule has 0 atom stereocenters. The molecule has 2 rings (SSSR count). The number of hydrogen-bond donors (Lipinski definition) is 1. The molecule has 0 aliphatic heterocycles. The molecule has 1 N–H and O–H groups in total. The van der Waals surface area contributed by atoms with E-state index in [-0.39, 0.29) is 9.37 Å². The highest BCUT2D eigenvalue weighted by atomic mass is 79.9. The second kappa shape index (κ2) is 6.44. The lowest BCUT2D eigenvalue weighted by molar-refractivity contribution is 0.340. The molecule has 0 amide bonds. The summed E-state index contributed by atoms with van der Waals surface area (Å²) in [4.78, 5) is -0.142. The summed E-state index contributed by atoms with van der Waals surface area (Å²) in [6.45, 7) is 2.39. The highest BCUT2D eigenvalue weighted by molar-refractivity contribution is 9.10. The highest BCUT2D eigenvalue weighted by Crippen LogP contribution is 2.22. The molecule has 0 spiro atoms. The van der Waals surface area contributed by atoms with Gasteiger partial charge < -0.3 is 4.74 Å². The van der Waals surface area contributed by atoms with Crippen LogP contribution in [-0.4, -0.2) is 15.0 Å². The molecule has 0 bridgehead atoms. The van der Waals surface area contributed by atoms with E-state index in [1.165, 1.54) is 12.1 Å². The average Bonchev–Trinajstić information content (AvgIpc) is 2.44. The zero-order valence-electron chi connectivity index (χ0n) is 11.1. The fourth-order valence-corrected chi connectivity index (χ4v) is 2.96. The van der Waals surface area contributed by atoms with Crippen molar-refractivity contribution in [3.05, 3.63) is 52.8 Å². The molecule has 0 fully saturated rings. The average molecular weight is 374 g/mol. The third-order valence-corrected chi connectivity index (χ3v) is 4.64. The van der Waals surface area contributed by atoms with Crippen molar-refractivity contribution < 1.29 is 17.5 Å². The number of benzene rings is 2. The van der Waals surface area contributed by atoms with Gasteiger partial charge in [-0.25, -0.2) is 12.8 Å². The Kier molecular flexibility index (Phi) is 4.84. The van der Waals surface area contributed by atoms with Crippen molar-refractivity contribution in [2.24, 2.45) is 0 Å². The summed E-state index contributed by atoms with van der Waals surface area (Å²) >= 11 is 2.98. The molecule has 0 aromatic heterocycles. The summed E-state index contributed by atoms with van der Waals surface area (Å²) in [5.41, 5.74) is 0.377. The van der Waals surface area contributed by atoms with Crippen molar-refractivity contribution in [1.82, 2.24) is 0 Å². The van der Waals surface area contributed by atoms with Crippen LogP contribution >= 0.6 is 15.9 Å². The van der Waals surface area contributed by atoms with E-state index < -0.39 is 15.8 Å². The number of halogens is 2. The molecular formula is C14H13BrFNO3S. The van der Waals surface area contributed by atoms with Crippen molar-refractivity contribution >= 4 is 31.6 Å². The summed E-state index contributed by atoms with van der Waals surface area (Å²) in [6.07, 6.45) is 0. The largest absolute Gasteiger partial charge is 0.494 e. The van der Waals surface area contributed by atoms with Crippen LogP contribution in [-0.2, 0) is 10.0 Å². The van der Waals surface area contributed by atoms with Crippen molar-refractivity contribution in [3.63, 3.8) is 0 Å². The van der Waals surface area contributed by atoms with E-state index >= 15 is 0 Å². The molecule has 0 aliphatic carbocycles. The van der Waals surface area contributed by atoms with Crippen molar-refractivity contribution in [3.8, 4) is 5.75 Å². The van der Waals surface area contributed by atoms with Crippen LogP contribution in [0.3, 0.4) is 0 Å². The van der Waals surface area contributed by atoms with Crippen molar-refractivity contribution in [2.75, 3.05) is 11.3 Å². The molecule has 0 aliphatic rings. The lowest BCUT2D eigenvalue weighted by Crippen LogP contribution is -2.13. The summed E-state index contributed by atoms with van der Waals surface area (Å²) in [7, 11) is -3.83. The van der Waals surface area contributed by atoms with Gasteiger partial charge >= 0.3 is 0 Å². The second-order valence-electron chi connectivity index (χ2n) is 4.14. The minimum Gasteiger partial charge on any atom is -0.494 e. The Morgan fingerprint density at radius 1 is 1.19 bits per heavy atom. The zero-order valence-corrected chi connectivity index (χ0v) is 13.5. The van der Waals surface area contributed by atoms with Gasteiger partial charge in [0.25, 0.3) is 10.0 Å². The SMILES string of the molecule is CCOc1ccc(NS(=O)(=O)c2ccc(Br)c(F)c2)cc1. The summed E-state index contributed by atoms with van der Waals surface area (Å²) in [6, 6.07) is 10.1. The van der Waals surface area contributed by atoms with Crippen LogP contribution in [0.4, 0.5) is 10.1 Å². The van der Waals surface area contributed by atoms with E-state index in [4.69, 9.17) is 4.74 Å². The first-order valence-electron chi connectivity index (χ1n) is 6.13. The van der Waals surface area contributed by atoms with E-state index in [2.05, 4.69) is 20.7 Å². The third-order valence-electron chi connectivity index (χ3n) is 2.62.